The molecule has 150 valence electrons. The number of anilines is 2. The second kappa shape index (κ2) is 8.22. The van der Waals surface area contributed by atoms with E-state index in [0.29, 0.717) is 5.95 Å². The summed E-state index contributed by atoms with van der Waals surface area (Å²) in [6.45, 7) is 6.94. The van der Waals surface area contributed by atoms with E-state index < -0.39 is 0 Å². The van der Waals surface area contributed by atoms with Crippen molar-refractivity contribution in [2.45, 2.75) is 45.1 Å². The number of piperidine rings is 2. The molecule has 0 radical (unpaired) electrons. The number of aromatic nitrogens is 3. The lowest BCUT2D eigenvalue weighted by molar-refractivity contribution is 0.112. The molecule has 2 saturated heterocycles. The van der Waals surface area contributed by atoms with E-state index in [9.17, 15) is 0 Å². The zero-order valence-corrected chi connectivity index (χ0v) is 16.7. The summed E-state index contributed by atoms with van der Waals surface area (Å²) >= 11 is 0. The zero-order chi connectivity index (χ0) is 19.5. The van der Waals surface area contributed by atoms with Gasteiger partial charge in [0.2, 0.25) is 11.9 Å². The second-order valence-corrected chi connectivity index (χ2v) is 7.78. The van der Waals surface area contributed by atoms with Crippen LogP contribution in [0.5, 0.6) is 0 Å². The van der Waals surface area contributed by atoms with Crippen molar-refractivity contribution in [2.75, 3.05) is 37.6 Å². The topological polar surface area (TPSA) is 89.2 Å². The summed E-state index contributed by atoms with van der Waals surface area (Å²) in [7, 11) is 0. The van der Waals surface area contributed by atoms with Crippen LogP contribution in [0.4, 0.5) is 11.9 Å². The smallest absolute Gasteiger partial charge is 0.241 e. The van der Waals surface area contributed by atoms with Crippen LogP contribution in [0.15, 0.2) is 30.3 Å². The van der Waals surface area contributed by atoms with E-state index in [0.717, 1.165) is 24.8 Å². The van der Waals surface area contributed by atoms with Gasteiger partial charge in [-0.05, 0) is 63.4 Å². The van der Waals surface area contributed by atoms with E-state index >= 15 is 0 Å². The Morgan fingerprint density at radius 1 is 1.00 bits per heavy atom. The number of nitrogens with two attached hydrogens (primary N) is 2. The third-order valence-electron chi connectivity index (χ3n) is 6.04. The van der Waals surface area contributed by atoms with Gasteiger partial charge in [0.15, 0.2) is 0 Å². The minimum Gasteiger partial charge on any atom is -0.371 e. The van der Waals surface area contributed by atoms with Crippen molar-refractivity contribution in [3.8, 4) is 5.69 Å². The van der Waals surface area contributed by atoms with Gasteiger partial charge in [0.05, 0.1) is 5.69 Å². The highest BCUT2D eigenvalue weighted by Crippen LogP contribution is 2.27. The molecule has 0 amide bonds. The molecule has 7 nitrogen and oxygen atoms in total. The van der Waals surface area contributed by atoms with Gasteiger partial charge in [-0.25, -0.2) is 0 Å². The standard InChI is InChI=1S/C21H31N7/c1-2-19(27-14-10-17(11-15-27)26-12-4-3-5-13-26)16-6-8-18(9-7-16)28-21(23)24-20(22)25-28/h2,6-9,17H,3-5,10-15H2,1H3,(H4,22,23,24,25). The van der Waals surface area contributed by atoms with Crippen molar-refractivity contribution in [3.05, 3.63) is 35.9 Å². The summed E-state index contributed by atoms with van der Waals surface area (Å²) in [6, 6.07) is 9.04. The van der Waals surface area contributed by atoms with E-state index in [4.69, 9.17) is 11.5 Å². The Morgan fingerprint density at radius 3 is 2.25 bits per heavy atom. The molecule has 2 aliphatic heterocycles. The fourth-order valence-electron chi connectivity index (χ4n) is 4.59. The van der Waals surface area contributed by atoms with Gasteiger partial charge in [-0.15, -0.1) is 5.10 Å². The quantitative estimate of drug-likeness (QED) is 0.846. The Kier molecular flexibility index (Phi) is 5.52. The molecule has 1 aromatic heterocycles. The maximum Gasteiger partial charge on any atom is 0.241 e. The van der Waals surface area contributed by atoms with Crippen LogP contribution in [-0.4, -0.2) is 56.8 Å². The normalized spacial score (nSPS) is 19.9. The fraction of sp³-hybridized carbons (Fsp3) is 0.524. The molecule has 0 spiro atoms. The Hall–Kier alpha value is -2.54. The number of likely N-dealkylation sites (tertiary alicyclic amines) is 2. The van der Waals surface area contributed by atoms with Gasteiger partial charge in [0.1, 0.15) is 0 Å². The second-order valence-electron chi connectivity index (χ2n) is 7.78. The number of nitrogen functional groups attached to an aromatic ring is 2. The summed E-state index contributed by atoms with van der Waals surface area (Å²) in [5.74, 6) is 0.489. The molecule has 28 heavy (non-hydrogen) atoms. The molecule has 7 heteroatoms. The molecule has 4 rings (SSSR count). The van der Waals surface area contributed by atoms with Crippen molar-refractivity contribution in [2.24, 2.45) is 0 Å². The molecule has 2 aromatic rings. The van der Waals surface area contributed by atoms with Gasteiger partial charge >= 0.3 is 0 Å². The van der Waals surface area contributed by atoms with Gasteiger partial charge in [-0.2, -0.15) is 9.67 Å². The van der Waals surface area contributed by atoms with E-state index in [1.54, 1.807) is 4.68 Å². The van der Waals surface area contributed by atoms with Gasteiger partial charge in [-0.3, -0.25) is 0 Å². The molecule has 4 N–H and O–H groups in total. The Labute approximate surface area is 167 Å². The highest BCUT2D eigenvalue weighted by molar-refractivity contribution is 5.65. The highest BCUT2D eigenvalue weighted by atomic mass is 15.4. The van der Waals surface area contributed by atoms with Gasteiger partial charge in [-0.1, -0.05) is 24.6 Å². The third-order valence-corrected chi connectivity index (χ3v) is 6.04. The molecule has 0 bridgehead atoms. The first kappa shape index (κ1) is 18.8. The molecule has 3 heterocycles. The molecule has 0 unspecified atom stereocenters. The van der Waals surface area contributed by atoms with Crippen molar-refractivity contribution in [3.63, 3.8) is 0 Å². The Balaban J connectivity index is 1.42. The monoisotopic (exact) mass is 381 g/mol. The molecule has 2 aliphatic rings. The third kappa shape index (κ3) is 3.85. The van der Waals surface area contributed by atoms with Crippen LogP contribution in [0.3, 0.4) is 0 Å². The predicted molar refractivity (Wildman–Crippen MR) is 114 cm³/mol. The SMILES string of the molecule is CC=C(c1ccc(-n2nc(N)nc2N)cc1)N1CCC(N2CCCCC2)CC1. The minimum absolute atomic E-state index is 0.187. The molecular formula is C21H31N7. The molecular weight excluding hydrogens is 350 g/mol. The molecule has 1 aromatic carbocycles. The van der Waals surface area contributed by atoms with Crippen LogP contribution in [0.2, 0.25) is 0 Å². The van der Waals surface area contributed by atoms with Crippen molar-refractivity contribution < 1.29 is 0 Å². The van der Waals surface area contributed by atoms with E-state index in [1.165, 1.54) is 56.5 Å². The number of hydrogen-bond donors (Lipinski definition) is 2. The lowest BCUT2D eigenvalue weighted by atomic mass is 9.98. The summed E-state index contributed by atoms with van der Waals surface area (Å²) in [5, 5.41) is 4.15. The number of allylic oxidation sites excluding steroid dienone is 1. The number of rotatable bonds is 4. The summed E-state index contributed by atoms with van der Waals surface area (Å²) < 4.78 is 1.57. The number of nitrogens with zero attached hydrogens (tertiary/aromatic N) is 5. The van der Waals surface area contributed by atoms with Crippen molar-refractivity contribution in [1.82, 2.24) is 24.6 Å². The maximum absolute atomic E-state index is 5.87. The zero-order valence-electron chi connectivity index (χ0n) is 16.7. The molecule has 0 aliphatic carbocycles. The van der Waals surface area contributed by atoms with E-state index in [2.05, 4.69) is 45.0 Å². The highest BCUT2D eigenvalue weighted by Gasteiger charge is 2.26. The average molecular weight is 382 g/mol. The minimum atomic E-state index is 0.187. The van der Waals surface area contributed by atoms with E-state index in [1.807, 2.05) is 12.1 Å². The lowest BCUT2D eigenvalue weighted by Crippen LogP contribution is -2.46. The van der Waals surface area contributed by atoms with Crippen LogP contribution in [-0.2, 0) is 0 Å². The van der Waals surface area contributed by atoms with Gasteiger partial charge in [0, 0.05) is 24.8 Å². The first-order valence-corrected chi connectivity index (χ1v) is 10.4. The first-order valence-electron chi connectivity index (χ1n) is 10.4. The summed E-state index contributed by atoms with van der Waals surface area (Å²) in [4.78, 5) is 9.21. The van der Waals surface area contributed by atoms with Crippen LogP contribution in [0, 0.1) is 0 Å². The van der Waals surface area contributed by atoms with Crippen molar-refractivity contribution >= 4 is 17.6 Å². The largest absolute Gasteiger partial charge is 0.371 e. The molecule has 0 saturated carbocycles. The fourth-order valence-corrected chi connectivity index (χ4v) is 4.59. The lowest BCUT2D eigenvalue weighted by Gasteiger charge is -2.41. The summed E-state index contributed by atoms with van der Waals surface area (Å²) in [5.41, 5.74) is 14.9. The van der Waals surface area contributed by atoms with Crippen molar-refractivity contribution in [1.29, 1.82) is 0 Å². The van der Waals surface area contributed by atoms with Crippen LogP contribution >= 0.6 is 0 Å². The van der Waals surface area contributed by atoms with Crippen LogP contribution in [0.25, 0.3) is 11.4 Å². The van der Waals surface area contributed by atoms with E-state index in [-0.39, 0.29) is 5.95 Å². The molecule has 0 atom stereocenters. The Bertz CT molecular complexity index is 810. The predicted octanol–water partition coefficient (Wildman–Crippen LogP) is 2.74. The van der Waals surface area contributed by atoms with Gasteiger partial charge < -0.3 is 21.3 Å². The first-order chi connectivity index (χ1) is 13.7. The number of hydrogen-bond acceptors (Lipinski definition) is 6. The summed E-state index contributed by atoms with van der Waals surface area (Å²) in [6.07, 6.45) is 8.87. The Morgan fingerprint density at radius 2 is 1.68 bits per heavy atom. The average Bonchev–Trinajstić information content (AvgIpc) is 3.08. The van der Waals surface area contributed by atoms with Crippen LogP contribution in [0.1, 0.15) is 44.6 Å². The van der Waals surface area contributed by atoms with Crippen LogP contribution < -0.4 is 11.5 Å². The molecule has 2 fully saturated rings. The number of benzene rings is 1. The van der Waals surface area contributed by atoms with Gasteiger partial charge in [0.25, 0.3) is 0 Å². The maximum atomic E-state index is 5.87.